The Morgan fingerprint density at radius 3 is 2.01 bits per heavy atom. The highest BCUT2D eigenvalue weighted by molar-refractivity contribution is 6.03. The number of esters is 1. The van der Waals surface area contributed by atoms with E-state index in [0.717, 1.165) is 70.9 Å². The Balaban J connectivity index is 2.12. The van der Waals surface area contributed by atoms with Crippen LogP contribution in [0.1, 0.15) is 136 Å². The third-order valence-electron chi connectivity index (χ3n) is 13.9. The van der Waals surface area contributed by atoms with E-state index in [9.17, 15) is 73.2 Å². The standard InChI is InChI=1S/C57H86N12O16/c1-8-11-12-13-14-15-16-17-18-19-38(73)28-45(75)62-39(9-2)52(79)68-48-34(6)85-57(84)43(27-36-29-59-31-61-36)66-56(83)49(33(5)71)69(7)46(76)30-60-50(77)41(24-25-44(58)74)64-51(78)40(10-3)63-53(80)42(26-35-20-22-37(72)23-21-35)65-54(81)47(32(4)70)67-55(48)82/h9-10,20-23,29,31-34,38,41-43,47-49,70-73H,8,11-19,24-28,30H2,1-7H3,(H2,58,74)(H,59,61)(H,60,77)(H,62,75)(H,63,80)(H,64,78)(H,65,81)(H,66,83)(H,67,82)(H,68,79)/b39-9+,40-10+/t32-,33+,34-,38-,41-,42-,43+,47-,48+,49+/m1/s1. The predicted molar refractivity (Wildman–Crippen MR) is 307 cm³/mol. The van der Waals surface area contributed by atoms with Crippen molar-refractivity contribution >= 4 is 65.0 Å². The van der Waals surface area contributed by atoms with Crippen LogP contribution >= 0.6 is 0 Å². The molecule has 1 aromatic heterocycles. The molecule has 1 fully saturated rings. The van der Waals surface area contributed by atoms with Gasteiger partial charge in [-0.2, -0.15) is 0 Å². The zero-order chi connectivity index (χ0) is 63.3. The zero-order valence-electron chi connectivity index (χ0n) is 49.4. The van der Waals surface area contributed by atoms with Crippen LogP contribution in [-0.2, 0) is 70.3 Å². The van der Waals surface area contributed by atoms with Crippen LogP contribution in [0.4, 0.5) is 0 Å². The monoisotopic (exact) mass is 1190 g/mol. The number of aromatic amines is 1. The van der Waals surface area contributed by atoms with Crippen LogP contribution in [0.3, 0.4) is 0 Å². The maximum absolute atomic E-state index is 14.7. The molecule has 10 amide bonds. The first-order valence-electron chi connectivity index (χ1n) is 28.6. The Hall–Kier alpha value is -8.24. The average molecular weight is 1200 g/mol. The van der Waals surface area contributed by atoms with Crippen LogP contribution in [0.2, 0.25) is 0 Å². The third-order valence-corrected chi connectivity index (χ3v) is 13.9. The highest BCUT2D eigenvalue weighted by atomic mass is 16.5. The number of allylic oxidation sites excluding steroid dienone is 2. The second kappa shape index (κ2) is 36.5. The predicted octanol–water partition coefficient (Wildman–Crippen LogP) is -1.05. The number of hydrogen-bond acceptors (Lipinski definition) is 17. The number of nitrogens with two attached hydrogens (primary N) is 1. The fraction of sp³-hybridized carbons (Fsp3) is 0.579. The molecule has 28 nitrogen and oxygen atoms in total. The van der Waals surface area contributed by atoms with Crippen molar-refractivity contribution in [2.24, 2.45) is 5.73 Å². The number of nitrogens with one attached hydrogen (secondary N) is 9. The van der Waals surface area contributed by atoms with Gasteiger partial charge >= 0.3 is 5.97 Å². The third kappa shape index (κ3) is 24.5. The number of H-pyrrole nitrogens is 1. The maximum atomic E-state index is 14.7. The number of rotatable bonds is 24. The number of carbonyl (C=O) groups is 11. The topological polar surface area (TPSA) is 432 Å². The van der Waals surface area contributed by atoms with E-state index < -0.39 is 169 Å². The number of primary amides is 1. The minimum Gasteiger partial charge on any atom is -0.508 e. The number of nitrogens with zero attached hydrogens (tertiary/aromatic N) is 2. The Labute approximate surface area is 494 Å². The first-order chi connectivity index (χ1) is 40.3. The highest BCUT2D eigenvalue weighted by Crippen LogP contribution is 2.16. The number of hydrogen-bond donors (Lipinski definition) is 14. The molecule has 1 aliphatic rings. The highest BCUT2D eigenvalue weighted by Gasteiger charge is 2.40. The van der Waals surface area contributed by atoms with Crippen molar-refractivity contribution in [3.8, 4) is 5.75 Å². The zero-order valence-corrected chi connectivity index (χ0v) is 49.4. The molecule has 10 atom stereocenters. The normalized spacial score (nSPS) is 22.8. The molecule has 1 saturated heterocycles. The summed E-state index contributed by atoms with van der Waals surface area (Å²) >= 11 is 0. The van der Waals surface area contributed by atoms with Crippen molar-refractivity contribution in [2.75, 3.05) is 13.6 Å². The van der Waals surface area contributed by atoms with Gasteiger partial charge in [-0.05, 0) is 65.2 Å². The lowest BCUT2D eigenvalue weighted by molar-refractivity contribution is -0.157. The van der Waals surface area contributed by atoms with Gasteiger partial charge in [-0.3, -0.25) is 47.9 Å². The lowest BCUT2D eigenvalue weighted by Gasteiger charge is -2.32. The second-order valence-electron chi connectivity index (χ2n) is 20.9. The van der Waals surface area contributed by atoms with Gasteiger partial charge in [0.05, 0.1) is 37.6 Å². The molecule has 0 aliphatic carbocycles. The van der Waals surface area contributed by atoms with E-state index in [1.807, 2.05) is 0 Å². The van der Waals surface area contributed by atoms with Crippen LogP contribution < -0.4 is 48.3 Å². The van der Waals surface area contributed by atoms with Crippen LogP contribution in [0, 0.1) is 0 Å². The molecule has 470 valence electrons. The number of cyclic esters (lactones) is 1. The SMILES string of the molecule is C/C=C(/NC(=O)C[C@H](O)CCCCCCCCCCC)C(=O)N[C@@H]1C(=O)N[C@H]([C@@H](C)O)C(=O)N[C@H](Cc2ccc(O)cc2)C(=O)N/C(=C/C)C(=O)N[C@H](CCC(N)=O)C(=O)NCC(=O)N(C)[C@@H]([C@H](C)O)C(=O)N[C@@H](Cc2cnc[nH]2)C(=O)O[C@@H]1C. The number of imidazole rings is 1. The van der Waals surface area contributed by atoms with E-state index in [-0.39, 0.29) is 17.9 Å². The Kier molecular flexibility index (Phi) is 30.5. The molecule has 0 saturated carbocycles. The number of amides is 10. The van der Waals surface area contributed by atoms with Crippen molar-refractivity contribution in [1.29, 1.82) is 0 Å². The summed E-state index contributed by atoms with van der Waals surface area (Å²) in [7, 11) is 1.11. The summed E-state index contributed by atoms with van der Waals surface area (Å²) in [4.78, 5) is 160. The average Bonchev–Trinajstić information content (AvgIpc) is 3.81. The molecule has 0 radical (unpaired) electrons. The number of benzene rings is 1. The molecule has 85 heavy (non-hydrogen) atoms. The Bertz CT molecular complexity index is 2650. The minimum absolute atomic E-state index is 0.150. The summed E-state index contributed by atoms with van der Waals surface area (Å²) in [5.41, 5.74) is 5.04. The number of aliphatic hydroxyl groups is 3. The fourth-order valence-corrected chi connectivity index (χ4v) is 9.03. The maximum Gasteiger partial charge on any atom is 0.329 e. The van der Waals surface area contributed by atoms with Gasteiger partial charge < -0.3 is 83.3 Å². The number of phenolic OH excluding ortho intramolecular Hbond substituents is 1. The minimum atomic E-state index is -2.02. The molecule has 0 bridgehead atoms. The summed E-state index contributed by atoms with van der Waals surface area (Å²) in [5.74, 6) is -12.0. The number of aromatic nitrogens is 2. The number of ether oxygens (including phenoxy) is 1. The molecule has 0 unspecified atom stereocenters. The summed E-state index contributed by atoms with van der Waals surface area (Å²) in [6, 6.07) is -5.33. The van der Waals surface area contributed by atoms with Gasteiger partial charge in [-0.15, -0.1) is 0 Å². The van der Waals surface area contributed by atoms with Crippen molar-refractivity contribution in [1.82, 2.24) is 57.4 Å². The number of phenols is 1. The quantitative estimate of drug-likeness (QED) is 0.0339. The number of likely N-dealkylation sites (N-methyl/N-ethyl adjacent to an activating group) is 1. The summed E-state index contributed by atoms with van der Waals surface area (Å²) in [5, 5.41) is 61.9. The van der Waals surface area contributed by atoms with Crippen LogP contribution in [0.15, 0.2) is 60.3 Å². The van der Waals surface area contributed by atoms with Crippen LogP contribution in [0.25, 0.3) is 0 Å². The van der Waals surface area contributed by atoms with E-state index in [1.54, 1.807) is 0 Å². The van der Waals surface area contributed by atoms with E-state index >= 15 is 0 Å². The van der Waals surface area contributed by atoms with Crippen LogP contribution in [-0.4, -0.2) is 175 Å². The molecular weight excluding hydrogens is 1110 g/mol. The number of aromatic hydroxyl groups is 1. The first-order valence-corrected chi connectivity index (χ1v) is 28.6. The molecule has 2 heterocycles. The molecule has 1 aromatic carbocycles. The molecule has 3 rings (SSSR count). The Morgan fingerprint density at radius 2 is 1.44 bits per heavy atom. The van der Waals surface area contributed by atoms with E-state index in [1.165, 1.54) is 76.0 Å². The van der Waals surface area contributed by atoms with Gasteiger partial charge in [-0.1, -0.05) is 89.0 Å². The van der Waals surface area contributed by atoms with Gasteiger partial charge in [-0.25, -0.2) is 9.78 Å². The molecular formula is C57H86N12O16. The lowest BCUT2D eigenvalue weighted by Crippen LogP contribution is -2.62. The van der Waals surface area contributed by atoms with Gasteiger partial charge in [0.2, 0.25) is 47.3 Å². The second-order valence-corrected chi connectivity index (χ2v) is 20.9. The smallest absolute Gasteiger partial charge is 0.329 e. The molecule has 15 N–H and O–H groups in total. The van der Waals surface area contributed by atoms with Crippen LogP contribution in [0.5, 0.6) is 5.75 Å². The molecule has 2 aromatic rings. The van der Waals surface area contributed by atoms with E-state index in [4.69, 9.17) is 10.5 Å². The largest absolute Gasteiger partial charge is 0.508 e. The molecule has 1 aliphatic heterocycles. The van der Waals surface area contributed by atoms with Crippen molar-refractivity contribution in [3.63, 3.8) is 0 Å². The number of unbranched alkanes of at least 4 members (excludes halogenated alkanes) is 8. The number of aliphatic hydroxyl groups excluding tert-OH is 3. The summed E-state index contributed by atoms with van der Waals surface area (Å²) in [6.07, 6.45) is 6.35. The van der Waals surface area contributed by atoms with Gasteiger partial charge in [0.1, 0.15) is 59.5 Å². The van der Waals surface area contributed by atoms with Gasteiger partial charge in [0.15, 0.2) is 0 Å². The molecule has 28 heteroatoms. The Morgan fingerprint density at radius 1 is 0.800 bits per heavy atom. The van der Waals surface area contributed by atoms with Gasteiger partial charge in [0.25, 0.3) is 11.8 Å². The summed E-state index contributed by atoms with van der Waals surface area (Å²) in [6.45, 7) is 7.44. The first kappa shape index (κ1) is 71.0. The number of carbonyl (C=O) groups excluding carboxylic acids is 11. The molecule has 0 spiro atoms. The van der Waals surface area contributed by atoms with E-state index in [2.05, 4.69) is 59.4 Å². The summed E-state index contributed by atoms with van der Waals surface area (Å²) < 4.78 is 5.79. The van der Waals surface area contributed by atoms with Crippen molar-refractivity contribution < 1.29 is 77.9 Å². The lowest BCUT2D eigenvalue weighted by atomic mass is 10.0. The van der Waals surface area contributed by atoms with Crippen molar-refractivity contribution in [2.45, 2.75) is 199 Å². The van der Waals surface area contributed by atoms with Gasteiger partial charge in [0, 0.05) is 38.2 Å². The van der Waals surface area contributed by atoms with Crippen molar-refractivity contribution in [3.05, 3.63) is 71.6 Å². The fourth-order valence-electron chi connectivity index (χ4n) is 9.03. The van der Waals surface area contributed by atoms with E-state index in [0.29, 0.717) is 18.4 Å².